The molecule has 2 aliphatic rings. The molecule has 1 aromatic rings. The number of hydrogen-bond acceptors (Lipinski definition) is 4. The molecule has 3 heterocycles. The van der Waals surface area contributed by atoms with Gasteiger partial charge in [0, 0.05) is 51.7 Å². The Morgan fingerprint density at radius 3 is 2.95 bits per heavy atom. The van der Waals surface area contributed by atoms with Crippen molar-refractivity contribution < 1.29 is 9.53 Å². The molecule has 0 spiro atoms. The van der Waals surface area contributed by atoms with Gasteiger partial charge in [-0.2, -0.15) is 0 Å². The van der Waals surface area contributed by atoms with Crippen LogP contribution in [0.1, 0.15) is 37.5 Å². The number of H-pyrrole nitrogens is 1. The maximum Gasteiger partial charge on any atom is 0.222 e. The standard InChI is InChI=1S/C16H26N4O2/c1-19-8-9-20(12-14(19)16-17-6-7-18-16)15(21)3-2-13-4-10-22-11-5-13/h6-7,13-14H,2-5,8-12H2,1H3,(H,17,18). The van der Waals surface area contributed by atoms with E-state index in [0.717, 1.165) is 57.9 Å². The van der Waals surface area contributed by atoms with Crippen molar-refractivity contribution in [2.45, 2.75) is 31.7 Å². The van der Waals surface area contributed by atoms with E-state index in [1.54, 1.807) is 6.20 Å². The van der Waals surface area contributed by atoms with Gasteiger partial charge < -0.3 is 14.6 Å². The quantitative estimate of drug-likeness (QED) is 0.914. The highest BCUT2D eigenvalue weighted by molar-refractivity contribution is 5.76. The van der Waals surface area contributed by atoms with Crippen LogP contribution in [-0.2, 0) is 9.53 Å². The Balaban J connectivity index is 1.51. The summed E-state index contributed by atoms with van der Waals surface area (Å²) in [4.78, 5) is 24.3. The highest BCUT2D eigenvalue weighted by atomic mass is 16.5. The van der Waals surface area contributed by atoms with E-state index in [2.05, 4.69) is 21.9 Å². The van der Waals surface area contributed by atoms with Crippen molar-refractivity contribution in [3.8, 4) is 0 Å². The lowest BCUT2D eigenvalue weighted by molar-refractivity contribution is -0.134. The van der Waals surface area contributed by atoms with E-state index in [9.17, 15) is 4.79 Å². The molecule has 6 nitrogen and oxygen atoms in total. The highest BCUT2D eigenvalue weighted by Crippen LogP contribution is 2.24. The first-order chi connectivity index (χ1) is 10.7. The SMILES string of the molecule is CN1CCN(C(=O)CCC2CCOCC2)CC1c1ncc[nH]1. The van der Waals surface area contributed by atoms with E-state index in [0.29, 0.717) is 12.3 Å². The summed E-state index contributed by atoms with van der Waals surface area (Å²) in [7, 11) is 2.09. The van der Waals surface area contributed by atoms with Crippen LogP contribution in [0.15, 0.2) is 12.4 Å². The molecule has 1 unspecified atom stereocenters. The molecule has 1 amide bonds. The molecule has 22 heavy (non-hydrogen) atoms. The number of rotatable bonds is 4. The summed E-state index contributed by atoms with van der Waals surface area (Å²) in [5.41, 5.74) is 0. The Morgan fingerprint density at radius 2 is 2.23 bits per heavy atom. The minimum atomic E-state index is 0.177. The van der Waals surface area contributed by atoms with Crippen LogP contribution in [0.4, 0.5) is 0 Å². The minimum absolute atomic E-state index is 0.177. The van der Waals surface area contributed by atoms with Crippen LogP contribution in [0.2, 0.25) is 0 Å². The maximum atomic E-state index is 12.5. The topological polar surface area (TPSA) is 61.5 Å². The number of ether oxygens (including phenoxy) is 1. The Morgan fingerprint density at radius 1 is 1.41 bits per heavy atom. The zero-order valence-corrected chi connectivity index (χ0v) is 13.3. The molecule has 0 saturated carbocycles. The van der Waals surface area contributed by atoms with Crippen LogP contribution in [0, 0.1) is 5.92 Å². The molecule has 6 heteroatoms. The summed E-state index contributed by atoms with van der Waals surface area (Å²) < 4.78 is 5.38. The fourth-order valence-electron chi connectivity index (χ4n) is 3.38. The van der Waals surface area contributed by atoms with Gasteiger partial charge in [0.2, 0.25) is 5.91 Å². The molecule has 0 aliphatic carbocycles. The zero-order valence-electron chi connectivity index (χ0n) is 13.3. The number of carbonyl (C=O) groups is 1. The van der Waals surface area contributed by atoms with E-state index in [-0.39, 0.29) is 11.9 Å². The largest absolute Gasteiger partial charge is 0.381 e. The lowest BCUT2D eigenvalue weighted by Gasteiger charge is -2.38. The molecule has 122 valence electrons. The molecule has 1 atom stereocenters. The van der Waals surface area contributed by atoms with Crippen molar-refractivity contribution in [3.05, 3.63) is 18.2 Å². The van der Waals surface area contributed by atoms with Gasteiger partial charge in [-0.25, -0.2) is 4.98 Å². The molecule has 1 N–H and O–H groups in total. The third-order valence-electron chi connectivity index (χ3n) is 4.94. The second-order valence-corrected chi connectivity index (χ2v) is 6.40. The second-order valence-electron chi connectivity index (χ2n) is 6.40. The summed E-state index contributed by atoms with van der Waals surface area (Å²) in [5.74, 6) is 1.90. The number of nitrogens with zero attached hydrogens (tertiary/aromatic N) is 3. The van der Waals surface area contributed by atoms with Crippen LogP contribution in [0.25, 0.3) is 0 Å². The number of piperazine rings is 1. The predicted octanol–water partition coefficient (Wildman–Crippen LogP) is 1.43. The van der Waals surface area contributed by atoms with Crippen molar-refractivity contribution >= 4 is 5.91 Å². The maximum absolute atomic E-state index is 12.5. The number of carbonyl (C=O) groups excluding carboxylic acids is 1. The number of aromatic amines is 1. The molecular formula is C16H26N4O2. The van der Waals surface area contributed by atoms with E-state index < -0.39 is 0 Å². The third kappa shape index (κ3) is 3.67. The fraction of sp³-hybridized carbons (Fsp3) is 0.750. The minimum Gasteiger partial charge on any atom is -0.381 e. The lowest BCUT2D eigenvalue weighted by Crippen LogP contribution is -2.49. The van der Waals surface area contributed by atoms with E-state index in [1.807, 2.05) is 11.1 Å². The summed E-state index contributed by atoms with van der Waals surface area (Å²) >= 11 is 0. The third-order valence-corrected chi connectivity index (χ3v) is 4.94. The van der Waals surface area contributed by atoms with Crippen LogP contribution in [0.5, 0.6) is 0 Å². The van der Waals surface area contributed by atoms with Gasteiger partial charge in [-0.05, 0) is 32.2 Å². The monoisotopic (exact) mass is 306 g/mol. The van der Waals surface area contributed by atoms with E-state index in [4.69, 9.17) is 4.74 Å². The van der Waals surface area contributed by atoms with Crippen LogP contribution in [-0.4, -0.2) is 65.6 Å². The van der Waals surface area contributed by atoms with E-state index >= 15 is 0 Å². The van der Waals surface area contributed by atoms with Crippen molar-refractivity contribution in [2.75, 3.05) is 39.9 Å². The normalized spacial score (nSPS) is 24.6. The van der Waals surface area contributed by atoms with Gasteiger partial charge in [0.05, 0.1) is 6.04 Å². The van der Waals surface area contributed by atoms with E-state index in [1.165, 1.54) is 0 Å². The molecule has 3 rings (SSSR count). The lowest BCUT2D eigenvalue weighted by atomic mass is 9.94. The van der Waals surface area contributed by atoms with Crippen molar-refractivity contribution in [1.29, 1.82) is 0 Å². The summed E-state index contributed by atoms with van der Waals surface area (Å²) in [5, 5.41) is 0. The zero-order chi connectivity index (χ0) is 15.4. The van der Waals surface area contributed by atoms with Gasteiger partial charge in [-0.1, -0.05) is 0 Å². The van der Waals surface area contributed by atoms with Gasteiger partial charge in [-0.3, -0.25) is 9.69 Å². The highest BCUT2D eigenvalue weighted by Gasteiger charge is 2.30. The van der Waals surface area contributed by atoms with Crippen molar-refractivity contribution in [3.63, 3.8) is 0 Å². The Kier molecular flexibility index (Phi) is 5.10. The van der Waals surface area contributed by atoms with Gasteiger partial charge >= 0.3 is 0 Å². The summed E-state index contributed by atoms with van der Waals surface area (Å²) in [6.07, 6.45) is 7.49. The molecule has 2 saturated heterocycles. The number of amides is 1. The average molecular weight is 306 g/mol. The number of nitrogens with one attached hydrogen (secondary N) is 1. The number of imidazole rings is 1. The van der Waals surface area contributed by atoms with Crippen molar-refractivity contribution in [2.24, 2.45) is 5.92 Å². The van der Waals surface area contributed by atoms with Crippen LogP contribution in [0.3, 0.4) is 0 Å². The molecule has 0 bridgehead atoms. The van der Waals surface area contributed by atoms with Gasteiger partial charge in [0.1, 0.15) is 5.82 Å². The van der Waals surface area contributed by atoms with Crippen LogP contribution >= 0.6 is 0 Å². The number of likely N-dealkylation sites (N-methyl/N-ethyl adjacent to an activating group) is 1. The van der Waals surface area contributed by atoms with Crippen LogP contribution < -0.4 is 0 Å². The van der Waals surface area contributed by atoms with Gasteiger partial charge in [0.15, 0.2) is 0 Å². The van der Waals surface area contributed by atoms with Gasteiger partial charge in [0.25, 0.3) is 0 Å². The Hall–Kier alpha value is -1.40. The Labute approximate surface area is 131 Å². The first-order valence-corrected chi connectivity index (χ1v) is 8.29. The first kappa shape index (κ1) is 15.5. The summed E-state index contributed by atoms with van der Waals surface area (Å²) in [6.45, 7) is 4.16. The molecule has 0 aromatic carbocycles. The number of hydrogen-bond donors (Lipinski definition) is 1. The molecule has 1 aromatic heterocycles. The first-order valence-electron chi connectivity index (χ1n) is 8.29. The fourth-order valence-corrected chi connectivity index (χ4v) is 3.38. The molecular weight excluding hydrogens is 280 g/mol. The summed E-state index contributed by atoms with van der Waals surface area (Å²) in [6, 6.07) is 0.177. The molecule has 0 radical (unpaired) electrons. The average Bonchev–Trinajstić information content (AvgIpc) is 3.08. The smallest absolute Gasteiger partial charge is 0.222 e. The molecule has 2 fully saturated rings. The van der Waals surface area contributed by atoms with Gasteiger partial charge in [-0.15, -0.1) is 0 Å². The predicted molar refractivity (Wildman–Crippen MR) is 83.3 cm³/mol. The number of aromatic nitrogens is 2. The van der Waals surface area contributed by atoms with Crippen molar-refractivity contribution in [1.82, 2.24) is 19.8 Å². The molecule has 2 aliphatic heterocycles. The Bertz CT molecular complexity index is 471. The second kappa shape index (κ2) is 7.24.